The van der Waals surface area contributed by atoms with E-state index in [0.717, 1.165) is 27.5 Å². The van der Waals surface area contributed by atoms with Gasteiger partial charge < -0.3 is 0 Å². The third-order valence-electron chi connectivity index (χ3n) is 10.6. The molecule has 51 heavy (non-hydrogen) atoms. The molecule has 6 heteroatoms. The number of fused-ring (bicyclic) bond motifs is 6. The van der Waals surface area contributed by atoms with E-state index in [2.05, 4.69) is 176 Å². The maximum atomic E-state index is 4.90. The van der Waals surface area contributed by atoms with Gasteiger partial charge in [0.25, 0.3) is 0 Å². The van der Waals surface area contributed by atoms with Crippen molar-refractivity contribution in [2.75, 3.05) is 30.6 Å². The number of benzene rings is 6. The van der Waals surface area contributed by atoms with Crippen LogP contribution in [-0.4, -0.2) is 30.7 Å². The zero-order valence-electron chi connectivity index (χ0n) is 28.9. The first-order valence-electron chi connectivity index (χ1n) is 17.4. The summed E-state index contributed by atoms with van der Waals surface area (Å²) in [5.74, 6) is 0. The molecule has 3 heterocycles. The first kappa shape index (κ1) is 31.6. The first-order valence-corrected chi connectivity index (χ1v) is 21.2. The molecule has 248 valence electrons. The summed E-state index contributed by atoms with van der Waals surface area (Å²) in [6, 6.07) is 58.3. The Balaban J connectivity index is 1.48. The molecule has 0 bridgehead atoms. The van der Waals surface area contributed by atoms with Gasteiger partial charge in [0.05, 0.1) is 0 Å². The summed E-state index contributed by atoms with van der Waals surface area (Å²) in [4.78, 5) is 14.7. The van der Waals surface area contributed by atoms with Crippen LogP contribution < -0.4 is 41.6 Å². The van der Waals surface area contributed by atoms with Gasteiger partial charge >= 0.3 is 302 Å². The van der Waals surface area contributed by atoms with Gasteiger partial charge in [-0.3, -0.25) is 0 Å². The monoisotopic (exact) mass is 696 g/mol. The summed E-state index contributed by atoms with van der Waals surface area (Å²) in [5, 5.41) is 10.3. The molecule has 0 N–H and O–H groups in total. The minimum atomic E-state index is -2.73. The number of rotatable bonds is 2. The molecule has 0 saturated carbocycles. The Kier molecular flexibility index (Phi) is 7.88. The van der Waals surface area contributed by atoms with Crippen LogP contribution in [0.15, 0.2) is 170 Å². The van der Waals surface area contributed by atoms with E-state index in [1.165, 1.54) is 48.9 Å². The summed E-state index contributed by atoms with van der Waals surface area (Å²) in [6.07, 6.45) is 3.80. The van der Waals surface area contributed by atoms with Crippen LogP contribution in [0.1, 0.15) is 0 Å². The van der Waals surface area contributed by atoms with Crippen molar-refractivity contribution in [3.63, 3.8) is 0 Å². The Morgan fingerprint density at radius 1 is 0.471 bits per heavy atom. The molecule has 0 saturated heterocycles. The summed E-state index contributed by atoms with van der Waals surface area (Å²) >= 11 is 0. The predicted octanol–water partition coefficient (Wildman–Crippen LogP) is 8.05. The zero-order chi connectivity index (χ0) is 34.5. The fraction of sp³-hybridized carbons (Fsp3) is 0.0667. The molecular weight excluding hydrogens is 658 g/mol. The van der Waals surface area contributed by atoms with Crippen LogP contribution in [0.5, 0.6) is 0 Å². The molecule has 4 nitrogen and oxygen atoms in total. The molecule has 0 radical (unpaired) electrons. The predicted molar refractivity (Wildman–Crippen MR) is 224 cm³/mol. The van der Waals surface area contributed by atoms with Crippen molar-refractivity contribution in [2.45, 2.75) is 0 Å². The van der Waals surface area contributed by atoms with E-state index < -0.39 is 15.2 Å². The van der Waals surface area contributed by atoms with E-state index in [0.29, 0.717) is 0 Å². The van der Waals surface area contributed by atoms with Gasteiger partial charge in [0, 0.05) is 0 Å². The van der Waals surface area contributed by atoms with Crippen LogP contribution in [0.3, 0.4) is 0 Å². The van der Waals surface area contributed by atoms with Crippen LogP contribution in [0, 0.1) is 0 Å². The Morgan fingerprint density at radius 2 is 1.04 bits per heavy atom. The van der Waals surface area contributed by atoms with Gasteiger partial charge in [-0.05, 0) is 0 Å². The number of nitrogens with zero attached hydrogens (tertiary/aromatic N) is 4. The van der Waals surface area contributed by atoms with Gasteiger partial charge in [-0.2, -0.15) is 0 Å². The Morgan fingerprint density at radius 3 is 1.76 bits per heavy atom. The van der Waals surface area contributed by atoms with Crippen LogP contribution in [0.4, 0.5) is 22.7 Å². The normalized spacial score (nSPS) is 15.9. The Hall–Kier alpha value is -5.40. The summed E-state index contributed by atoms with van der Waals surface area (Å²) in [7, 11) is 0.756. The number of hydrogen-bond donors (Lipinski definition) is 0. The molecule has 1 atom stereocenters. The molecule has 1 unspecified atom stereocenters. The second-order valence-corrected chi connectivity index (χ2v) is 19.4. The fourth-order valence-corrected chi connectivity index (χ4v) is 14.8. The zero-order valence-corrected chi connectivity index (χ0v) is 30.8. The van der Waals surface area contributed by atoms with Crippen LogP contribution in [0.25, 0.3) is 21.8 Å². The van der Waals surface area contributed by atoms with Gasteiger partial charge in [-0.25, -0.2) is 0 Å². The van der Waals surface area contributed by atoms with Gasteiger partial charge in [0.15, 0.2) is 0 Å². The molecule has 6 aromatic carbocycles. The molecule has 0 spiro atoms. The second kappa shape index (κ2) is 12.7. The Labute approximate surface area is 301 Å². The van der Waals surface area contributed by atoms with Crippen molar-refractivity contribution >= 4 is 91.6 Å². The number of para-hydroxylation sites is 2. The van der Waals surface area contributed by atoms with Crippen LogP contribution >= 0.6 is 15.2 Å². The summed E-state index contributed by atoms with van der Waals surface area (Å²) < 4.78 is 0. The number of aromatic nitrogens is 2. The molecule has 0 fully saturated rings. The quantitative estimate of drug-likeness (QED) is 0.171. The Bertz CT molecular complexity index is 2560. The van der Waals surface area contributed by atoms with Crippen molar-refractivity contribution in [1.82, 2.24) is 9.97 Å². The summed E-state index contributed by atoms with van der Waals surface area (Å²) in [6.45, 7) is 2.53. The van der Waals surface area contributed by atoms with Gasteiger partial charge in [-0.15, -0.1) is 0 Å². The van der Waals surface area contributed by atoms with E-state index in [1.807, 2.05) is 24.5 Å². The number of anilines is 4. The van der Waals surface area contributed by atoms with E-state index in [1.54, 1.807) is 0 Å². The standard InChI is InChI=1S/C45H38N4P2/c1-48-38-22-10-12-24-42(38)50(34-18-6-4-7-19-34)43-28-32-16-14-26-46-36(32)30-40(43)49(2)41-31-37-33(17-15-27-47-37)29-45(41)51(3,35-20-8-5-9-21-35)44-25-13-11-23-39(44)48/h4-31,51H,1-3H3. The number of hydrogen-bond acceptors (Lipinski definition) is 4. The topological polar surface area (TPSA) is 32.3 Å². The third kappa shape index (κ3) is 5.21. The second-order valence-electron chi connectivity index (χ2n) is 13.4. The van der Waals surface area contributed by atoms with E-state index in [-0.39, 0.29) is 0 Å². The SMILES string of the molecule is CN1c2ccccc2P(c2ccccc2)c2cc3cccnc3cc2N(C)c2cc3ncccc3cc2[PH](C)(c2ccccc2)c2ccccc21. The maximum absolute atomic E-state index is 4.90. The molecule has 1 aliphatic rings. The molecule has 1 aliphatic heterocycles. The van der Waals surface area contributed by atoms with Crippen LogP contribution in [-0.2, 0) is 0 Å². The molecule has 2 aromatic heterocycles. The van der Waals surface area contributed by atoms with E-state index in [9.17, 15) is 0 Å². The van der Waals surface area contributed by atoms with Gasteiger partial charge in [0.1, 0.15) is 0 Å². The van der Waals surface area contributed by atoms with Crippen LogP contribution in [0.2, 0.25) is 0 Å². The molecular formula is C45H38N4P2. The summed E-state index contributed by atoms with van der Waals surface area (Å²) in [5.41, 5.74) is 6.74. The molecule has 0 amide bonds. The average Bonchev–Trinajstić information content (AvgIpc) is 3.20. The number of pyridine rings is 2. The van der Waals surface area contributed by atoms with Gasteiger partial charge in [0.2, 0.25) is 0 Å². The average molecular weight is 697 g/mol. The van der Waals surface area contributed by atoms with Crippen molar-refractivity contribution < 1.29 is 0 Å². The minimum absolute atomic E-state index is 0.984. The molecule has 0 aliphatic carbocycles. The fourth-order valence-electron chi connectivity index (χ4n) is 7.93. The first-order chi connectivity index (χ1) is 25.0. The van der Waals surface area contributed by atoms with Crippen molar-refractivity contribution in [1.29, 1.82) is 0 Å². The van der Waals surface area contributed by atoms with Crippen molar-refractivity contribution in [2.24, 2.45) is 0 Å². The molecule has 9 rings (SSSR count). The van der Waals surface area contributed by atoms with E-state index >= 15 is 0 Å². The van der Waals surface area contributed by atoms with Crippen molar-refractivity contribution in [3.05, 3.63) is 170 Å². The molecule has 8 aromatic rings. The van der Waals surface area contributed by atoms with E-state index in [4.69, 9.17) is 9.97 Å². The van der Waals surface area contributed by atoms with Crippen molar-refractivity contribution in [3.8, 4) is 0 Å². The van der Waals surface area contributed by atoms with Gasteiger partial charge in [-0.1, -0.05) is 0 Å². The third-order valence-corrected chi connectivity index (χ3v) is 17.6.